The van der Waals surface area contributed by atoms with Crippen LogP contribution in [0, 0.1) is 5.82 Å². The van der Waals surface area contributed by atoms with Crippen LogP contribution < -0.4 is 5.73 Å². The van der Waals surface area contributed by atoms with E-state index in [0.717, 1.165) is 5.69 Å². The molecule has 0 spiro atoms. The largest absolute Gasteiger partial charge is 0.402 e. The number of aromatic nitrogens is 1. The van der Waals surface area contributed by atoms with Crippen LogP contribution >= 0.6 is 0 Å². The molecular formula is C24H21FN6O2. The van der Waals surface area contributed by atoms with E-state index in [1.165, 1.54) is 6.07 Å². The van der Waals surface area contributed by atoms with Crippen molar-refractivity contribution in [3.05, 3.63) is 84.2 Å². The van der Waals surface area contributed by atoms with Gasteiger partial charge in [-0.25, -0.2) is 19.2 Å². The maximum Gasteiger partial charge on any atom is 0.365 e. The molecule has 33 heavy (non-hydrogen) atoms. The number of ether oxygens (including phenoxy) is 1. The number of benzene rings is 2. The van der Waals surface area contributed by atoms with E-state index < -0.39 is 5.97 Å². The molecular weight excluding hydrogens is 423 g/mol. The molecule has 0 bridgehead atoms. The van der Waals surface area contributed by atoms with Crippen LogP contribution in [0.5, 0.6) is 0 Å². The molecule has 1 fully saturated rings. The van der Waals surface area contributed by atoms with Crippen LogP contribution in [0.1, 0.15) is 5.56 Å². The summed E-state index contributed by atoms with van der Waals surface area (Å²) in [7, 11) is 0. The van der Waals surface area contributed by atoms with Crippen molar-refractivity contribution in [1.29, 1.82) is 0 Å². The summed E-state index contributed by atoms with van der Waals surface area (Å²) in [5.41, 5.74) is 7.69. The third kappa shape index (κ3) is 4.25. The number of piperazine rings is 1. The number of nitrogens with two attached hydrogens (primary N) is 1. The van der Waals surface area contributed by atoms with Crippen molar-refractivity contribution in [1.82, 2.24) is 14.8 Å². The second kappa shape index (κ2) is 8.70. The Labute approximate surface area is 189 Å². The molecule has 0 saturated carbocycles. The lowest BCUT2D eigenvalue weighted by atomic mass is 10.0. The molecule has 0 amide bonds. The highest BCUT2D eigenvalue weighted by molar-refractivity contribution is 6.16. The molecule has 2 aromatic carbocycles. The molecule has 1 saturated heterocycles. The average Bonchev–Trinajstić information content (AvgIpc) is 3.20. The Morgan fingerprint density at radius 3 is 2.52 bits per heavy atom. The Balaban J connectivity index is 1.31. The van der Waals surface area contributed by atoms with Crippen molar-refractivity contribution < 1.29 is 13.9 Å². The summed E-state index contributed by atoms with van der Waals surface area (Å²) in [4.78, 5) is 29.2. The Hall–Kier alpha value is -4.27. The number of nitrogens with zero attached hydrogens (tertiary/aromatic N) is 5. The molecule has 2 aliphatic rings. The normalized spacial score (nSPS) is 18.1. The number of hydrogen-bond acceptors (Lipinski definition) is 6. The zero-order chi connectivity index (χ0) is 22.8. The molecule has 3 aromatic rings. The summed E-state index contributed by atoms with van der Waals surface area (Å²) in [6, 6.07) is 13.6. The van der Waals surface area contributed by atoms with Gasteiger partial charge in [-0.15, -0.1) is 0 Å². The highest BCUT2D eigenvalue weighted by Crippen LogP contribution is 2.26. The summed E-state index contributed by atoms with van der Waals surface area (Å²) in [5.74, 6) is -0.244. The summed E-state index contributed by atoms with van der Waals surface area (Å²) < 4.78 is 19.6. The summed E-state index contributed by atoms with van der Waals surface area (Å²) in [5, 5.41) is 1.09. The molecule has 2 N–H and O–H groups in total. The maximum atomic E-state index is 14.1. The summed E-state index contributed by atoms with van der Waals surface area (Å²) in [6.45, 7) is 2.60. The van der Waals surface area contributed by atoms with Gasteiger partial charge in [0.1, 0.15) is 5.82 Å². The maximum absolute atomic E-state index is 14.1. The van der Waals surface area contributed by atoms with Gasteiger partial charge in [0.2, 0.25) is 5.90 Å². The number of carbonyl (C=O) groups excluding carboxylic acids is 1. The number of halogens is 1. The molecule has 1 aromatic heterocycles. The van der Waals surface area contributed by atoms with E-state index in [4.69, 9.17) is 10.5 Å². The lowest BCUT2D eigenvalue weighted by Crippen LogP contribution is -2.49. The minimum Gasteiger partial charge on any atom is -0.402 e. The van der Waals surface area contributed by atoms with Gasteiger partial charge in [-0.05, 0) is 29.7 Å². The van der Waals surface area contributed by atoms with Crippen LogP contribution in [0.3, 0.4) is 0 Å². The second-order valence-electron chi connectivity index (χ2n) is 7.66. The van der Waals surface area contributed by atoms with Crippen LogP contribution in [0.15, 0.2) is 82.8 Å². The Kier molecular flexibility index (Phi) is 5.43. The van der Waals surface area contributed by atoms with Gasteiger partial charge in [0.05, 0.1) is 5.69 Å². The van der Waals surface area contributed by atoms with Crippen molar-refractivity contribution in [3.63, 3.8) is 0 Å². The van der Waals surface area contributed by atoms with Crippen LogP contribution in [-0.4, -0.2) is 58.8 Å². The van der Waals surface area contributed by atoms with E-state index in [9.17, 15) is 9.18 Å². The van der Waals surface area contributed by atoms with E-state index >= 15 is 0 Å². The number of cyclic esters (lactones) is 1. The van der Waals surface area contributed by atoms with Crippen LogP contribution in [-0.2, 0) is 9.53 Å². The zero-order valence-corrected chi connectivity index (χ0v) is 17.7. The monoisotopic (exact) mass is 444 g/mol. The topological polar surface area (TPSA) is 96.4 Å². The molecule has 0 unspecified atom stereocenters. The molecule has 0 radical (unpaired) electrons. The number of carbonyl (C=O) groups is 1. The fourth-order valence-electron chi connectivity index (χ4n) is 3.84. The van der Waals surface area contributed by atoms with E-state index in [-0.39, 0.29) is 17.4 Å². The van der Waals surface area contributed by atoms with Gasteiger partial charge in [0, 0.05) is 55.7 Å². The zero-order valence-electron chi connectivity index (χ0n) is 17.7. The first-order valence-corrected chi connectivity index (χ1v) is 10.5. The number of esters is 1. The minimum absolute atomic E-state index is 0.176. The highest BCUT2D eigenvalue weighted by atomic mass is 19.1. The second-order valence-corrected chi connectivity index (χ2v) is 7.66. The molecule has 0 aliphatic carbocycles. The number of fused-ring (bicyclic) bond motifs is 1. The fourth-order valence-corrected chi connectivity index (χ4v) is 3.84. The third-order valence-corrected chi connectivity index (χ3v) is 5.57. The van der Waals surface area contributed by atoms with Gasteiger partial charge in [-0.2, -0.15) is 0 Å². The number of rotatable bonds is 3. The van der Waals surface area contributed by atoms with Crippen LogP contribution in [0.4, 0.5) is 10.1 Å². The van der Waals surface area contributed by atoms with Gasteiger partial charge in [-0.1, -0.05) is 24.3 Å². The Morgan fingerprint density at radius 2 is 1.76 bits per heavy atom. The first kappa shape index (κ1) is 20.6. The molecule has 166 valence electrons. The number of aliphatic imine (C=N–C) groups is 2. The van der Waals surface area contributed by atoms with Gasteiger partial charge in [-0.3, -0.25) is 4.98 Å². The van der Waals surface area contributed by atoms with Gasteiger partial charge < -0.3 is 20.3 Å². The predicted molar refractivity (Wildman–Crippen MR) is 123 cm³/mol. The Bertz CT molecular complexity index is 1300. The van der Waals surface area contributed by atoms with Crippen molar-refractivity contribution >= 4 is 34.3 Å². The van der Waals surface area contributed by atoms with Crippen molar-refractivity contribution in [3.8, 4) is 0 Å². The highest BCUT2D eigenvalue weighted by Gasteiger charge is 2.27. The van der Waals surface area contributed by atoms with Crippen molar-refractivity contribution in [2.24, 2.45) is 15.7 Å². The lowest BCUT2D eigenvalue weighted by molar-refractivity contribution is -0.130. The van der Waals surface area contributed by atoms with Crippen molar-refractivity contribution in [2.45, 2.75) is 0 Å². The van der Waals surface area contributed by atoms with Gasteiger partial charge in [0.15, 0.2) is 11.7 Å². The molecule has 0 atom stereocenters. The Morgan fingerprint density at radius 1 is 1.03 bits per heavy atom. The molecule has 5 rings (SSSR count). The molecule has 9 heteroatoms. The van der Waals surface area contributed by atoms with Gasteiger partial charge in [0.25, 0.3) is 0 Å². The van der Waals surface area contributed by atoms with Crippen LogP contribution in [0.25, 0.3) is 10.8 Å². The molecule has 2 aliphatic heterocycles. The SMILES string of the molecule is NC(=Nc1ccncc1)N1CCN(/C=C2/N=C(c3ccc(F)c4ccccc34)OC2=O)CC1. The quantitative estimate of drug-likeness (QED) is 0.289. The average molecular weight is 444 g/mol. The number of hydrogen-bond donors (Lipinski definition) is 1. The van der Waals surface area contributed by atoms with Crippen molar-refractivity contribution in [2.75, 3.05) is 26.2 Å². The summed E-state index contributed by atoms with van der Waals surface area (Å²) in [6.07, 6.45) is 5.04. The van der Waals surface area contributed by atoms with E-state index in [0.29, 0.717) is 48.5 Å². The first-order chi connectivity index (χ1) is 16.1. The smallest absolute Gasteiger partial charge is 0.365 e. The summed E-state index contributed by atoms with van der Waals surface area (Å²) >= 11 is 0. The standard InChI is InChI=1S/C24H21FN6O2/c25-20-6-5-19(17-3-1-2-4-18(17)20)22-29-21(23(32)33-22)15-30-11-13-31(14-12-30)24(26)28-16-7-9-27-10-8-16/h1-10,15H,11-14H2,(H2,26,27,28)/b21-15+. The fraction of sp³-hybridized carbons (Fsp3) is 0.167. The predicted octanol–water partition coefficient (Wildman–Crippen LogP) is 2.78. The van der Waals surface area contributed by atoms with Gasteiger partial charge >= 0.3 is 5.97 Å². The van der Waals surface area contributed by atoms with E-state index in [1.807, 2.05) is 15.9 Å². The first-order valence-electron chi connectivity index (χ1n) is 10.5. The molecule has 3 heterocycles. The van der Waals surface area contributed by atoms with E-state index in [1.54, 1.807) is 55.0 Å². The molecule has 8 nitrogen and oxygen atoms in total. The third-order valence-electron chi connectivity index (χ3n) is 5.57. The van der Waals surface area contributed by atoms with Crippen LogP contribution in [0.2, 0.25) is 0 Å². The minimum atomic E-state index is -0.528. The number of pyridine rings is 1. The lowest BCUT2D eigenvalue weighted by Gasteiger charge is -2.34. The number of guanidine groups is 1. The van der Waals surface area contributed by atoms with E-state index in [2.05, 4.69) is 15.0 Å².